The highest BCUT2D eigenvalue weighted by molar-refractivity contribution is 5.97. The van der Waals surface area contributed by atoms with Gasteiger partial charge in [0.15, 0.2) is 5.82 Å². The van der Waals surface area contributed by atoms with Crippen LogP contribution in [0.2, 0.25) is 0 Å². The first-order chi connectivity index (χ1) is 18.6. The summed E-state index contributed by atoms with van der Waals surface area (Å²) >= 11 is 0. The summed E-state index contributed by atoms with van der Waals surface area (Å²) in [7, 11) is 0. The van der Waals surface area contributed by atoms with Crippen LogP contribution >= 0.6 is 0 Å². The zero-order valence-corrected chi connectivity index (χ0v) is 22.5. The first kappa shape index (κ1) is 25.5. The SMILES string of the molecule is C=C/C(=C\C(=C/C)c1ccc2[nH]nc(-c3nc4c(N5CCCCC5)cncc4[nH]3)c2c1)NC(=C)CCCC. The van der Waals surface area contributed by atoms with Gasteiger partial charge in [0.2, 0.25) is 0 Å². The first-order valence-electron chi connectivity index (χ1n) is 13.6. The van der Waals surface area contributed by atoms with E-state index in [1.807, 2.05) is 25.4 Å². The van der Waals surface area contributed by atoms with Crippen LogP contribution in [-0.4, -0.2) is 38.2 Å². The molecule has 7 heteroatoms. The normalized spacial score (nSPS) is 14.8. The van der Waals surface area contributed by atoms with Gasteiger partial charge in [-0.25, -0.2) is 4.98 Å². The van der Waals surface area contributed by atoms with Crippen molar-refractivity contribution >= 4 is 33.2 Å². The van der Waals surface area contributed by atoms with Gasteiger partial charge in [0.05, 0.1) is 29.1 Å². The summed E-state index contributed by atoms with van der Waals surface area (Å²) in [5.74, 6) is 0.743. The molecule has 38 heavy (non-hydrogen) atoms. The zero-order valence-electron chi connectivity index (χ0n) is 22.5. The number of piperidine rings is 1. The van der Waals surface area contributed by atoms with Crippen LogP contribution in [0.3, 0.4) is 0 Å². The molecule has 1 fully saturated rings. The molecule has 1 saturated heterocycles. The highest BCUT2D eigenvalue weighted by Crippen LogP contribution is 2.32. The van der Waals surface area contributed by atoms with Crippen molar-refractivity contribution in [3.8, 4) is 11.5 Å². The van der Waals surface area contributed by atoms with Gasteiger partial charge in [0, 0.05) is 29.9 Å². The Morgan fingerprint density at radius 3 is 2.76 bits per heavy atom. The lowest BCUT2D eigenvalue weighted by Crippen LogP contribution is -2.29. The molecule has 4 aromatic rings. The Balaban J connectivity index is 1.48. The fourth-order valence-electron chi connectivity index (χ4n) is 5.08. The molecule has 4 heterocycles. The number of hydrogen-bond acceptors (Lipinski definition) is 5. The van der Waals surface area contributed by atoms with Crippen molar-refractivity contribution in [3.05, 3.63) is 78.9 Å². The number of aromatic amines is 2. The predicted molar refractivity (Wildman–Crippen MR) is 159 cm³/mol. The Morgan fingerprint density at radius 1 is 1.16 bits per heavy atom. The monoisotopic (exact) mass is 507 g/mol. The predicted octanol–water partition coefficient (Wildman–Crippen LogP) is 7.26. The third-order valence-electron chi connectivity index (χ3n) is 7.19. The highest BCUT2D eigenvalue weighted by atomic mass is 15.2. The lowest BCUT2D eigenvalue weighted by molar-refractivity contribution is 0.578. The van der Waals surface area contributed by atoms with Gasteiger partial charge in [0.25, 0.3) is 0 Å². The number of imidazole rings is 1. The third kappa shape index (κ3) is 5.28. The van der Waals surface area contributed by atoms with Crippen LogP contribution in [0, 0.1) is 0 Å². The van der Waals surface area contributed by atoms with Crippen molar-refractivity contribution in [3.63, 3.8) is 0 Å². The van der Waals surface area contributed by atoms with Crippen LogP contribution < -0.4 is 10.2 Å². The second-order valence-electron chi connectivity index (χ2n) is 9.90. The van der Waals surface area contributed by atoms with E-state index in [0.29, 0.717) is 0 Å². The van der Waals surface area contributed by atoms with Gasteiger partial charge in [-0.1, -0.05) is 38.6 Å². The quantitative estimate of drug-likeness (QED) is 0.197. The molecule has 3 N–H and O–H groups in total. The molecule has 0 saturated carbocycles. The van der Waals surface area contributed by atoms with E-state index in [0.717, 1.165) is 94.0 Å². The molecule has 0 bridgehead atoms. The number of allylic oxidation sites excluding steroid dienone is 5. The summed E-state index contributed by atoms with van der Waals surface area (Å²) in [6.07, 6.45) is 16.7. The van der Waals surface area contributed by atoms with Gasteiger partial charge in [-0.15, -0.1) is 0 Å². The van der Waals surface area contributed by atoms with E-state index >= 15 is 0 Å². The third-order valence-corrected chi connectivity index (χ3v) is 7.19. The number of benzene rings is 1. The lowest BCUT2D eigenvalue weighted by atomic mass is 10.0. The molecule has 1 aliphatic rings. The maximum Gasteiger partial charge on any atom is 0.159 e. The van der Waals surface area contributed by atoms with Gasteiger partial charge >= 0.3 is 0 Å². The second kappa shape index (κ2) is 11.5. The maximum absolute atomic E-state index is 5.01. The Bertz CT molecular complexity index is 1510. The number of rotatable bonds is 10. The minimum Gasteiger partial charge on any atom is -0.368 e. The van der Waals surface area contributed by atoms with Gasteiger partial charge in [0.1, 0.15) is 11.2 Å². The molecule has 0 atom stereocenters. The molecule has 7 nitrogen and oxygen atoms in total. The molecular weight excluding hydrogens is 470 g/mol. The van der Waals surface area contributed by atoms with Crippen LogP contribution in [0.4, 0.5) is 5.69 Å². The molecular formula is C31H37N7. The first-order valence-corrected chi connectivity index (χ1v) is 13.6. The van der Waals surface area contributed by atoms with E-state index in [4.69, 9.17) is 4.98 Å². The molecule has 0 radical (unpaired) electrons. The van der Waals surface area contributed by atoms with Gasteiger partial charge in [-0.3, -0.25) is 10.1 Å². The minimum absolute atomic E-state index is 0.743. The lowest BCUT2D eigenvalue weighted by Gasteiger charge is -2.28. The van der Waals surface area contributed by atoms with Crippen molar-refractivity contribution < 1.29 is 0 Å². The number of pyridine rings is 1. The standard InChI is InChI=1S/C31H37N7/c1-5-8-12-21(4)33-24(7-3)17-22(6-2)23-13-14-26-25(18-23)29(37-36-26)31-34-27-19-32-20-28(30(27)35-31)38-15-10-9-11-16-38/h6-7,13-14,17-20,33H,3-5,8-12,15-16H2,1-2H3,(H,34,35)(H,36,37)/b22-6+,24-17+. The molecule has 1 aromatic carbocycles. The van der Waals surface area contributed by atoms with Crippen molar-refractivity contribution in [2.24, 2.45) is 0 Å². The molecule has 1 aliphatic heterocycles. The van der Waals surface area contributed by atoms with E-state index in [1.54, 1.807) is 0 Å². The zero-order chi connectivity index (χ0) is 26.5. The Kier molecular flexibility index (Phi) is 7.73. The highest BCUT2D eigenvalue weighted by Gasteiger charge is 2.19. The number of unbranched alkanes of at least 4 members (excludes halogenated alkanes) is 1. The van der Waals surface area contributed by atoms with Crippen LogP contribution in [0.1, 0.15) is 57.9 Å². The Morgan fingerprint density at radius 2 is 2.00 bits per heavy atom. The topological polar surface area (TPSA) is 85.5 Å². The summed E-state index contributed by atoms with van der Waals surface area (Å²) in [6, 6.07) is 6.35. The number of H-pyrrole nitrogens is 2. The Hall–Kier alpha value is -4.13. The molecule has 0 aliphatic carbocycles. The summed E-state index contributed by atoms with van der Waals surface area (Å²) in [6.45, 7) is 14.5. The molecule has 0 amide bonds. The number of nitrogens with one attached hydrogen (secondary N) is 3. The average molecular weight is 508 g/mol. The smallest absolute Gasteiger partial charge is 0.159 e. The van der Waals surface area contributed by atoms with E-state index in [1.165, 1.54) is 19.3 Å². The number of aromatic nitrogens is 5. The number of hydrogen-bond donors (Lipinski definition) is 3. The van der Waals surface area contributed by atoms with Crippen LogP contribution in [0.25, 0.3) is 39.0 Å². The average Bonchev–Trinajstić information content (AvgIpc) is 3.58. The maximum atomic E-state index is 5.01. The van der Waals surface area contributed by atoms with Crippen LogP contribution in [-0.2, 0) is 0 Å². The van der Waals surface area contributed by atoms with Gasteiger partial charge < -0.3 is 15.2 Å². The van der Waals surface area contributed by atoms with E-state index < -0.39 is 0 Å². The van der Waals surface area contributed by atoms with E-state index in [9.17, 15) is 0 Å². The van der Waals surface area contributed by atoms with Crippen LogP contribution in [0.5, 0.6) is 0 Å². The van der Waals surface area contributed by atoms with E-state index in [2.05, 4.69) is 80.8 Å². The van der Waals surface area contributed by atoms with Gasteiger partial charge in [-0.2, -0.15) is 5.10 Å². The number of nitrogens with zero attached hydrogens (tertiary/aromatic N) is 4. The molecule has 0 unspecified atom stereocenters. The van der Waals surface area contributed by atoms with Crippen molar-refractivity contribution in [1.29, 1.82) is 0 Å². The molecule has 196 valence electrons. The van der Waals surface area contributed by atoms with Crippen molar-refractivity contribution in [2.75, 3.05) is 18.0 Å². The second-order valence-corrected chi connectivity index (χ2v) is 9.90. The van der Waals surface area contributed by atoms with E-state index in [-0.39, 0.29) is 0 Å². The molecule has 3 aromatic heterocycles. The summed E-state index contributed by atoms with van der Waals surface area (Å²) in [4.78, 5) is 15.4. The fourth-order valence-corrected chi connectivity index (χ4v) is 5.08. The van der Waals surface area contributed by atoms with Crippen LogP contribution in [0.15, 0.2) is 73.4 Å². The van der Waals surface area contributed by atoms with Crippen molar-refractivity contribution in [2.45, 2.75) is 52.4 Å². The minimum atomic E-state index is 0.743. The molecule has 0 spiro atoms. The summed E-state index contributed by atoms with van der Waals surface area (Å²) < 4.78 is 0. The fraction of sp³-hybridized carbons (Fsp3) is 0.323. The Labute approximate surface area is 224 Å². The molecule has 5 rings (SSSR count). The largest absolute Gasteiger partial charge is 0.368 e. The number of anilines is 1. The van der Waals surface area contributed by atoms with Gasteiger partial charge in [-0.05, 0) is 74.4 Å². The summed E-state index contributed by atoms with van der Waals surface area (Å²) in [5, 5.41) is 12.3. The van der Waals surface area contributed by atoms with Crippen molar-refractivity contribution in [1.82, 2.24) is 30.5 Å². The summed E-state index contributed by atoms with van der Waals surface area (Å²) in [5.41, 5.74) is 8.86. The number of fused-ring (bicyclic) bond motifs is 2.